The predicted molar refractivity (Wildman–Crippen MR) is 114 cm³/mol. The summed E-state index contributed by atoms with van der Waals surface area (Å²) in [6, 6.07) is 11.5. The van der Waals surface area contributed by atoms with Gasteiger partial charge in [-0.2, -0.15) is 0 Å². The second-order valence-electron chi connectivity index (χ2n) is 7.06. The first kappa shape index (κ1) is 21.7. The molecule has 0 spiro atoms. The van der Waals surface area contributed by atoms with Crippen LogP contribution in [0.3, 0.4) is 0 Å². The van der Waals surface area contributed by atoms with Crippen LogP contribution in [0.5, 0.6) is 0 Å². The van der Waals surface area contributed by atoms with E-state index in [0.717, 1.165) is 17.5 Å². The fourth-order valence-corrected chi connectivity index (χ4v) is 4.26. The summed E-state index contributed by atoms with van der Waals surface area (Å²) in [5.41, 5.74) is 3.33. The van der Waals surface area contributed by atoms with E-state index in [1.54, 1.807) is 19.3 Å². The second-order valence-corrected chi connectivity index (χ2v) is 9.12. The molecule has 1 aromatic carbocycles. The summed E-state index contributed by atoms with van der Waals surface area (Å²) in [5.74, 6) is -0.641. The van der Waals surface area contributed by atoms with E-state index < -0.39 is 21.5 Å². The number of hydrogen-bond acceptors (Lipinski definition) is 6. The van der Waals surface area contributed by atoms with Crippen LogP contribution in [-0.2, 0) is 33.2 Å². The molecule has 0 aliphatic carbocycles. The Morgan fingerprint density at radius 1 is 1.07 bits per heavy atom. The number of amides is 1. The minimum atomic E-state index is -3.68. The van der Waals surface area contributed by atoms with Crippen LogP contribution in [0.1, 0.15) is 29.5 Å². The molecule has 158 valence electrons. The summed E-state index contributed by atoms with van der Waals surface area (Å²) < 4.78 is 30.6. The summed E-state index contributed by atoms with van der Waals surface area (Å²) in [6.45, 7) is 4.11. The van der Waals surface area contributed by atoms with Gasteiger partial charge in [-0.15, -0.1) is 0 Å². The van der Waals surface area contributed by atoms with E-state index in [4.69, 9.17) is 4.42 Å². The maximum atomic E-state index is 12.5. The van der Waals surface area contributed by atoms with Crippen molar-refractivity contribution in [2.75, 3.05) is 12.3 Å². The Balaban J connectivity index is 1.57. The van der Waals surface area contributed by atoms with Gasteiger partial charge < -0.3 is 9.73 Å². The van der Waals surface area contributed by atoms with E-state index >= 15 is 0 Å². The molecule has 30 heavy (non-hydrogen) atoms. The molecule has 0 fully saturated rings. The van der Waals surface area contributed by atoms with Gasteiger partial charge in [-0.05, 0) is 55.2 Å². The number of carbonyl (C=O) groups excluding carboxylic acids is 1. The number of rotatable bonds is 9. The molecule has 3 rings (SSSR count). The molecule has 0 saturated carbocycles. The Labute approximate surface area is 176 Å². The van der Waals surface area contributed by atoms with Crippen molar-refractivity contribution in [2.45, 2.75) is 32.4 Å². The quantitative estimate of drug-likeness (QED) is 0.563. The number of oxazole rings is 1. The van der Waals surface area contributed by atoms with Crippen molar-refractivity contribution in [2.24, 2.45) is 0 Å². The van der Waals surface area contributed by atoms with Crippen LogP contribution in [0.15, 0.2) is 53.2 Å². The van der Waals surface area contributed by atoms with Crippen molar-refractivity contribution in [1.29, 1.82) is 0 Å². The molecule has 0 radical (unpaired) electrons. The maximum absolute atomic E-state index is 12.5. The van der Waals surface area contributed by atoms with E-state index in [1.807, 2.05) is 36.4 Å². The number of pyridine rings is 1. The van der Waals surface area contributed by atoms with Crippen LogP contribution < -0.4 is 5.32 Å². The number of hydrogen-bond donors (Lipinski definition) is 1. The molecule has 3 aromatic rings. The van der Waals surface area contributed by atoms with E-state index in [2.05, 4.69) is 22.2 Å². The van der Waals surface area contributed by atoms with Crippen LogP contribution in [0.2, 0.25) is 0 Å². The Kier molecular flexibility index (Phi) is 6.99. The first-order valence-corrected chi connectivity index (χ1v) is 11.6. The number of sulfone groups is 1. The van der Waals surface area contributed by atoms with Crippen molar-refractivity contribution >= 4 is 15.7 Å². The van der Waals surface area contributed by atoms with Crippen LogP contribution in [-0.4, -0.2) is 36.6 Å². The van der Waals surface area contributed by atoms with Crippen molar-refractivity contribution in [1.82, 2.24) is 15.3 Å². The highest BCUT2D eigenvalue weighted by atomic mass is 32.2. The Bertz CT molecular complexity index is 1090. The molecular weight excluding hydrogens is 402 g/mol. The highest BCUT2D eigenvalue weighted by Gasteiger charge is 2.22. The Morgan fingerprint density at radius 3 is 2.43 bits per heavy atom. The predicted octanol–water partition coefficient (Wildman–Crippen LogP) is 2.88. The topological polar surface area (TPSA) is 102 Å². The maximum Gasteiger partial charge on any atom is 0.235 e. The first-order valence-electron chi connectivity index (χ1n) is 9.78. The number of nitrogens with one attached hydrogen (secondary N) is 1. The minimum Gasteiger partial charge on any atom is -0.441 e. The second kappa shape index (κ2) is 9.67. The fourth-order valence-electron chi connectivity index (χ4n) is 2.97. The van der Waals surface area contributed by atoms with Crippen molar-refractivity contribution in [3.8, 4) is 11.5 Å². The van der Waals surface area contributed by atoms with Gasteiger partial charge in [0.25, 0.3) is 0 Å². The summed E-state index contributed by atoms with van der Waals surface area (Å²) in [6.07, 6.45) is 4.89. The van der Waals surface area contributed by atoms with Gasteiger partial charge in [-0.3, -0.25) is 9.78 Å². The summed E-state index contributed by atoms with van der Waals surface area (Å²) in [7, 11) is -3.68. The van der Waals surface area contributed by atoms with Crippen LogP contribution in [0.4, 0.5) is 0 Å². The molecule has 2 aromatic heterocycles. The Hall–Kier alpha value is -3.00. The molecular formula is C22H25N3O4S. The molecule has 0 atom stereocenters. The number of aryl methyl sites for hydroxylation is 2. The normalized spacial score (nSPS) is 11.4. The highest BCUT2D eigenvalue weighted by Crippen LogP contribution is 2.23. The number of aromatic nitrogens is 2. The van der Waals surface area contributed by atoms with Gasteiger partial charge in [0.05, 0.1) is 11.4 Å². The van der Waals surface area contributed by atoms with E-state index in [0.29, 0.717) is 30.3 Å². The molecule has 0 aliphatic rings. The minimum absolute atomic E-state index is 0.328. The fraction of sp³-hybridized carbons (Fsp3) is 0.318. The molecule has 7 nitrogen and oxygen atoms in total. The third-order valence-corrected chi connectivity index (χ3v) is 6.11. The zero-order chi connectivity index (χ0) is 21.6. The highest BCUT2D eigenvalue weighted by molar-refractivity contribution is 7.91. The third kappa shape index (κ3) is 6.00. The zero-order valence-electron chi connectivity index (χ0n) is 17.1. The average molecular weight is 428 g/mol. The lowest BCUT2D eigenvalue weighted by Gasteiger charge is -2.06. The molecule has 0 saturated heterocycles. The SMILES string of the molecule is CCc1ccc(-c2nc(CS(=O)(=O)CC(=O)NCCc3ccncc3)c(C)o2)cc1. The molecule has 1 amide bonds. The van der Waals surface area contributed by atoms with E-state index in [-0.39, 0.29) is 5.75 Å². The largest absolute Gasteiger partial charge is 0.441 e. The number of benzene rings is 1. The lowest BCUT2D eigenvalue weighted by Crippen LogP contribution is -2.32. The van der Waals surface area contributed by atoms with Crippen molar-refractivity contribution in [3.05, 3.63) is 71.4 Å². The monoisotopic (exact) mass is 427 g/mol. The molecule has 1 N–H and O–H groups in total. The van der Waals surface area contributed by atoms with Gasteiger partial charge in [0, 0.05) is 24.5 Å². The van der Waals surface area contributed by atoms with E-state index in [9.17, 15) is 13.2 Å². The lowest BCUT2D eigenvalue weighted by molar-refractivity contribution is -0.118. The standard InChI is InChI=1S/C22H25N3O4S/c1-3-17-4-6-19(7-5-17)22-25-20(16(2)29-22)14-30(27,28)15-21(26)24-13-10-18-8-11-23-12-9-18/h4-9,11-12H,3,10,13-15H2,1-2H3,(H,24,26). The Morgan fingerprint density at radius 2 is 1.77 bits per heavy atom. The van der Waals surface area contributed by atoms with Crippen LogP contribution >= 0.6 is 0 Å². The molecule has 8 heteroatoms. The van der Waals surface area contributed by atoms with Crippen molar-refractivity contribution in [3.63, 3.8) is 0 Å². The average Bonchev–Trinajstić information content (AvgIpc) is 3.08. The summed E-state index contributed by atoms with van der Waals surface area (Å²) >= 11 is 0. The molecule has 0 bridgehead atoms. The molecule has 2 heterocycles. The third-order valence-electron chi connectivity index (χ3n) is 4.69. The first-order chi connectivity index (χ1) is 14.4. The van der Waals surface area contributed by atoms with Crippen LogP contribution in [0, 0.1) is 6.92 Å². The van der Waals surface area contributed by atoms with Gasteiger partial charge in [-0.1, -0.05) is 19.1 Å². The number of nitrogens with zero attached hydrogens (tertiary/aromatic N) is 2. The molecule has 0 unspecified atom stereocenters. The summed E-state index contributed by atoms with van der Waals surface area (Å²) in [5, 5.41) is 2.65. The van der Waals surface area contributed by atoms with Gasteiger partial charge in [-0.25, -0.2) is 13.4 Å². The van der Waals surface area contributed by atoms with Gasteiger partial charge in [0.15, 0.2) is 9.84 Å². The smallest absolute Gasteiger partial charge is 0.235 e. The van der Waals surface area contributed by atoms with E-state index in [1.165, 1.54) is 5.56 Å². The zero-order valence-corrected chi connectivity index (χ0v) is 17.9. The van der Waals surface area contributed by atoms with Gasteiger partial charge in [0.1, 0.15) is 11.5 Å². The van der Waals surface area contributed by atoms with Gasteiger partial charge in [0.2, 0.25) is 11.8 Å². The molecule has 0 aliphatic heterocycles. The lowest BCUT2D eigenvalue weighted by atomic mass is 10.1. The van der Waals surface area contributed by atoms with Crippen molar-refractivity contribution < 1.29 is 17.6 Å². The van der Waals surface area contributed by atoms with Gasteiger partial charge >= 0.3 is 0 Å². The summed E-state index contributed by atoms with van der Waals surface area (Å²) in [4.78, 5) is 20.3. The van der Waals surface area contributed by atoms with Crippen LogP contribution in [0.25, 0.3) is 11.5 Å². The number of carbonyl (C=O) groups is 1.